The molecule has 1 atom stereocenters. The fourth-order valence-electron chi connectivity index (χ4n) is 10.2. The first kappa shape index (κ1) is 47.8. The topological polar surface area (TPSA) is 196 Å². The lowest BCUT2D eigenvalue weighted by Gasteiger charge is -2.42. The highest BCUT2D eigenvalue weighted by atomic mass is 16.5. The minimum absolute atomic E-state index is 0.149. The molecule has 0 spiro atoms. The molecule has 5 aromatic rings. The van der Waals surface area contributed by atoms with Gasteiger partial charge >= 0.3 is 0 Å². The van der Waals surface area contributed by atoms with E-state index in [1.165, 1.54) is 0 Å². The van der Waals surface area contributed by atoms with Gasteiger partial charge in [-0.3, -0.25) is 33.9 Å². The summed E-state index contributed by atoms with van der Waals surface area (Å²) < 4.78 is 25.6. The maximum Gasteiger partial charge on any atom is 0.262 e. The standard InChI is InChI=1S/C52H63N9O8/c53-48-47-43(36-11-18-41(19-12-36)69-40-7-2-1-3-8-40)34-60(49(47)57-35-56-48)39-16-14-38(15-17-39)59-25-23-58(24-26-59)27-29-67-31-33-68-32-30-66-28-22-54-45(62)20-13-37-6-4-9-42-46(37)52(65)61(51(42)64)44-10-5-21-55-50(44)63/h1-4,6-9,11-12,18-19,34-35,38-39,44H,5,10,13-17,20-33H2,(H,54,62)(H,55,63)(H2,53,56,57). The van der Waals surface area contributed by atoms with Gasteiger partial charge in [0, 0.05) is 76.1 Å². The molecule has 2 aromatic heterocycles. The smallest absolute Gasteiger partial charge is 0.262 e. The molecule has 3 aliphatic heterocycles. The van der Waals surface area contributed by atoms with Crippen LogP contribution in [-0.2, 0) is 30.2 Å². The van der Waals surface area contributed by atoms with Crippen LogP contribution in [0.5, 0.6) is 11.5 Å². The minimum Gasteiger partial charge on any atom is -0.457 e. The number of benzene rings is 3. The average Bonchev–Trinajstić information content (AvgIpc) is 3.89. The van der Waals surface area contributed by atoms with Gasteiger partial charge in [-0.05, 0) is 86.4 Å². The zero-order chi connectivity index (χ0) is 47.5. The molecule has 4 aliphatic rings. The second kappa shape index (κ2) is 22.9. The molecule has 3 fully saturated rings. The summed E-state index contributed by atoms with van der Waals surface area (Å²) in [5.74, 6) is 0.651. The third kappa shape index (κ3) is 11.5. The Morgan fingerprint density at radius 3 is 2.20 bits per heavy atom. The molecule has 4 N–H and O–H groups in total. The maximum atomic E-state index is 13.3. The number of nitrogens with zero attached hydrogens (tertiary/aromatic N) is 6. The number of piperidine rings is 1. The number of rotatable bonds is 21. The number of aromatic nitrogens is 3. The van der Waals surface area contributed by atoms with Gasteiger partial charge < -0.3 is 39.9 Å². The Morgan fingerprint density at radius 2 is 1.45 bits per heavy atom. The summed E-state index contributed by atoms with van der Waals surface area (Å²) in [6.07, 6.45) is 9.84. The van der Waals surface area contributed by atoms with Crippen LogP contribution in [0.2, 0.25) is 0 Å². The summed E-state index contributed by atoms with van der Waals surface area (Å²) in [4.78, 5) is 66.7. The Morgan fingerprint density at radius 1 is 0.739 bits per heavy atom. The molecule has 17 heteroatoms. The van der Waals surface area contributed by atoms with Crippen molar-refractivity contribution in [3.05, 3.63) is 102 Å². The number of carbonyl (C=O) groups excluding carboxylic acids is 4. The van der Waals surface area contributed by atoms with Crippen LogP contribution in [0.3, 0.4) is 0 Å². The molecule has 364 valence electrons. The van der Waals surface area contributed by atoms with Crippen LogP contribution in [0.15, 0.2) is 85.3 Å². The first-order valence-electron chi connectivity index (χ1n) is 24.5. The van der Waals surface area contributed by atoms with E-state index in [-0.39, 0.29) is 23.8 Å². The summed E-state index contributed by atoms with van der Waals surface area (Å²) in [6.45, 7) is 8.82. The van der Waals surface area contributed by atoms with E-state index in [1.54, 1.807) is 24.5 Å². The van der Waals surface area contributed by atoms with Gasteiger partial charge in [-0.15, -0.1) is 0 Å². The largest absolute Gasteiger partial charge is 0.457 e. The Labute approximate surface area is 402 Å². The number of piperazine rings is 1. The second-order valence-electron chi connectivity index (χ2n) is 18.1. The fraction of sp³-hybridized carbons (Fsp3) is 0.462. The number of amides is 4. The number of aryl methyl sites for hydroxylation is 1. The van der Waals surface area contributed by atoms with E-state index in [0.717, 1.165) is 97.0 Å². The number of fused-ring (bicyclic) bond motifs is 2. The molecule has 0 bridgehead atoms. The van der Waals surface area contributed by atoms with Crippen molar-refractivity contribution in [2.24, 2.45) is 0 Å². The highest BCUT2D eigenvalue weighted by Crippen LogP contribution is 2.40. The van der Waals surface area contributed by atoms with Gasteiger partial charge in [0.25, 0.3) is 11.8 Å². The number of nitrogens with one attached hydrogen (secondary N) is 2. The highest BCUT2D eigenvalue weighted by molar-refractivity contribution is 6.23. The van der Waals surface area contributed by atoms with Crippen molar-refractivity contribution in [3.8, 4) is 22.6 Å². The van der Waals surface area contributed by atoms with Crippen LogP contribution < -0.4 is 21.1 Å². The van der Waals surface area contributed by atoms with Gasteiger partial charge in [0.1, 0.15) is 35.3 Å². The van der Waals surface area contributed by atoms with Crippen molar-refractivity contribution in [1.82, 2.24) is 39.9 Å². The van der Waals surface area contributed by atoms with Crippen LogP contribution in [0, 0.1) is 0 Å². The van der Waals surface area contributed by atoms with Gasteiger partial charge in [-0.2, -0.15) is 0 Å². The average molecular weight is 942 g/mol. The van der Waals surface area contributed by atoms with Crippen LogP contribution in [-0.4, -0.2) is 150 Å². The first-order valence-corrected chi connectivity index (χ1v) is 24.5. The van der Waals surface area contributed by atoms with Gasteiger partial charge in [0.05, 0.1) is 56.2 Å². The lowest BCUT2D eigenvalue weighted by molar-refractivity contribution is -0.126. The molecule has 9 rings (SSSR count). The quantitative estimate of drug-likeness (QED) is 0.0639. The van der Waals surface area contributed by atoms with Crippen LogP contribution in [0.4, 0.5) is 5.82 Å². The van der Waals surface area contributed by atoms with Crippen LogP contribution >= 0.6 is 0 Å². The number of anilines is 1. The van der Waals surface area contributed by atoms with Crippen molar-refractivity contribution >= 4 is 40.5 Å². The van der Waals surface area contributed by atoms with Crippen molar-refractivity contribution < 1.29 is 38.1 Å². The lowest BCUT2D eigenvalue weighted by Crippen LogP contribution is -2.52. The SMILES string of the molecule is Nc1ncnc2c1c(-c1ccc(Oc3ccccc3)cc1)cn2C1CCC(N2CCN(CCOCCOCCOCCNC(=O)CCc3cccc4c3C(=O)N(C3CCCNC3=O)C4=O)CC2)CC1. The lowest BCUT2D eigenvalue weighted by atomic mass is 9.89. The normalized spacial score (nSPS) is 20.0. The molecule has 5 heterocycles. The van der Waals surface area contributed by atoms with E-state index in [2.05, 4.69) is 48.3 Å². The Kier molecular flexibility index (Phi) is 15.9. The van der Waals surface area contributed by atoms with E-state index in [0.29, 0.717) is 101 Å². The third-order valence-corrected chi connectivity index (χ3v) is 13.9. The molecule has 2 saturated heterocycles. The van der Waals surface area contributed by atoms with Gasteiger partial charge in [-0.25, -0.2) is 9.97 Å². The molecule has 69 heavy (non-hydrogen) atoms. The van der Waals surface area contributed by atoms with Gasteiger partial charge in [0.2, 0.25) is 11.8 Å². The van der Waals surface area contributed by atoms with Crippen molar-refractivity contribution in [1.29, 1.82) is 0 Å². The minimum atomic E-state index is -0.805. The number of nitrogen functional groups attached to an aromatic ring is 1. The fourth-order valence-corrected chi connectivity index (χ4v) is 10.2. The van der Waals surface area contributed by atoms with Crippen LogP contribution in [0.1, 0.15) is 77.3 Å². The number of hydrogen-bond acceptors (Lipinski definition) is 13. The van der Waals surface area contributed by atoms with E-state index in [9.17, 15) is 19.2 Å². The van der Waals surface area contributed by atoms with Crippen molar-refractivity contribution in [3.63, 3.8) is 0 Å². The molecular formula is C52H63N9O8. The highest BCUT2D eigenvalue weighted by Gasteiger charge is 2.44. The summed E-state index contributed by atoms with van der Waals surface area (Å²) in [7, 11) is 0. The molecule has 17 nitrogen and oxygen atoms in total. The van der Waals surface area contributed by atoms with Crippen LogP contribution in [0.25, 0.3) is 22.2 Å². The van der Waals surface area contributed by atoms with E-state index in [1.807, 2.05) is 42.5 Å². The number of ether oxygens (including phenoxy) is 4. The van der Waals surface area contributed by atoms with E-state index < -0.39 is 17.9 Å². The zero-order valence-electron chi connectivity index (χ0n) is 39.2. The molecule has 0 radical (unpaired) electrons. The van der Waals surface area contributed by atoms with E-state index in [4.69, 9.17) is 29.7 Å². The van der Waals surface area contributed by atoms with Crippen molar-refractivity contribution in [2.75, 3.05) is 91.2 Å². The summed E-state index contributed by atoms with van der Waals surface area (Å²) >= 11 is 0. The summed E-state index contributed by atoms with van der Waals surface area (Å²) in [6, 6.07) is 23.1. The first-order chi connectivity index (χ1) is 33.8. The number of carbonyl (C=O) groups is 4. The zero-order valence-corrected chi connectivity index (χ0v) is 39.2. The molecule has 1 saturated carbocycles. The maximum absolute atomic E-state index is 13.3. The number of hydrogen-bond donors (Lipinski definition) is 3. The molecule has 1 unspecified atom stereocenters. The number of imide groups is 1. The molecule has 4 amide bonds. The molecule has 3 aromatic carbocycles. The number of para-hydroxylation sites is 1. The van der Waals surface area contributed by atoms with E-state index >= 15 is 0 Å². The number of nitrogens with two attached hydrogens (primary N) is 1. The van der Waals surface area contributed by atoms with Gasteiger partial charge in [-0.1, -0.05) is 42.5 Å². The Bertz CT molecular complexity index is 2560. The molecular weight excluding hydrogens is 879 g/mol. The Hall–Kier alpha value is -6.24. The predicted octanol–water partition coefficient (Wildman–Crippen LogP) is 5.25. The van der Waals surface area contributed by atoms with Crippen molar-refractivity contribution in [2.45, 2.75) is 69.5 Å². The third-order valence-electron chi connectivity index (χ3n) is 13.9. The predicted molar refractivity (Wildman–Crippen MR) is 260 cm³/mol. The molecule has 1 aliphatic carbocycles. The summed E-state index contributed by atoms with van der Waals surface area (Å²) in [5.41, 5.74) is 10.7. The second-order valence-corrected chi connectivity index (χ2v) is 18.1. The monoisotopic (exact) mass is 941 g/mol. The Balaban J connectivity index is 0.606. The summed E-state index contributed by atoms with van der Waals surface area (Å²) in [5, 5.41) is 6.49. The van der Waals surface area contributed by atoms with Gasteiger partial charge in [0.15, 0.2) is 0 Å².